The van der Waals surface area contributed by atoms with E-state index in [4.69, 9.17) is 11.6 Å². The summed E-state index contributed by atoms with van der Waals surface area (Å²) in [4.78, 5) is 25.4. The van der Waals surface area contributed by atoms with Gasteiger partial charge in [0.1, 0.15) is 10.9 Å². The zero-order valence-corrected chi connectivity index (χ0v) is 19.8. The van der Waals surface area contributed by atoms with Gasteiger partial charge in [0.05, 0.1) is 5.69 Å². The van der Waals surface area contributed by atoms with Gasteiger partial charge in [0.15, 0.2) is 5.82 Å². The molecule has 0 atom stereocenters. The fraction of sp³-hybridized carbons (Fsp3) is 0.240. The molecule has 36 heavy (non-hydrogen) atoms. The van der Waals surface area contributed by atoms with Crippen molar-refractivity contribution in [1.29, 1.82) is 0 Å². The second-order valence-electron chi connectivity index (χ2n) is 8.00. The molecule has 1 aliphatic heterocycles. The van der Waals surface area contributed by atoms with Gasteiger partial charge in [-0.1, -0.05) is 35.9 Å². The van der Waals surface area contributed by atoms with Crippen molar-refractivity contribution in [3.63, 3.8) is 0 Å². The van der Waals surface area contributed by atoms with Crippen LogP contribution >= 0.6 is 11.6 Å². The van der Waals surface area contributed by atoms with E-state index in [0.717, 1.165) is 31.7 Å². The number of carbonyl (C=O) groups excluding carboxylic acids is 1. The second-order valence-corrected chi connectivity index (χ2v) is 8.39. The number of piperazine rings is 1. The summed E-state index contributed by atoms with van der Waals surface area (Å²) >= 11 is 5.89. The minimum Gasteiger partial charge on any atom is -0.406 e. The van der Waals surface area contributed by atoms with Gasteiger partial charge in [-0.3, -0.25) is 9.69 Å². The highest BCUT2D eigenvalue weighted by Gasteiger charge is 2.30. The van der Waals surface area contributed by atoms with E-state index in [9.17, 15) is 18.0 Å². The number of aromatic nitrogens is 2. The minimum absolute atomic E-state index is 0.242. The monoisotopic (exact) mass is 517 g/mol. The van der Waals surface area contributed by atoms with Crippen molar-refractivity contribution in [2.45, 2.75) is 6.36 Å². The molecule has 1 amide bonds. The van der Waals surface area contributed by atoms with Crippen LogP contribution in [-0.4, -0.2) is 59.9 Å². The number of nitrogens with zero attached hydrogens (tertiary/aromatic N) is 4. The Morgan fingerprint density at radius 3 is 2.50 bits per heavy atom. The summed E-state index contributed by atoms with van der Waals surface area (Å²) in [5.74, 6) is 0.156. The number of amides is 1. The summed E-state index contributed by atoms with van der Waals surface area (Å²) in [5, 5.41) is 3.15. The molecular weight excluding hydrogens is 495 g/mol. The van der Waals surface area contributed by atoms with Crippen LogP contribution < -0.4 is 15.0 Å². The number of ether oxygens (including phenoxy) is 1. The van der Waals surface area contributed by atoms with Crippen LogP contribution in [0, 0.1) is 0 Å². The lowest BCUT2D eigenvalue weighted by atomic mass is 10.2. The molecule has 1 saturated heterocycles. The van der Waals surface area contributed by atoms with Crippen LogP contribution in [0.15, 0.2) is 67.0 Å². The van der Waals surface area contributed by atoms with E-state index in [0.29, 0.717) is 23.6 Å². The Morgan fingerprint density at radius 2 is 1.81 bits per heavy atom. The molecule has 1 aliphatic rings. The maximum absolute atomic E-state index is 12.7. The maximum Gasteiger partial charge on any atom is 0.573 e. The highest BCUT2D eigenvalue weighted by atomic mass is 35.5. The van der Waals surface area contributed by atoms with Crippen LogP contribution in [0.5, 0.6) is 5.75 Å². The first-order valence-corrected chi connectivity index (χ1v) is 11.5. The molecular formula is C25H23ClF3N5O2. The molecule has 4 rings (SSSR count). The van der Waals surface area contributed by atoms with E-state index >= 15 is 0 Å². The quantitative estimate of drug-likeness (QED) is 0.439. The van der Waals surface area contributed by atoms with E-state index < -0.39 is 6.36 Å². The molecule has 2 aromatic heterocycles. The van der Waals surface area contributed by atoms with Crippen molar-refractivity contribution in [2.24, 2.45) is 0 Å². The van der Waals surface area contributed by atoms with Crippen molar-refractivity contribution in [3.05, 3.63) is 83.3 Å². The molecule has 3 aromatic rings. The van der Waals surface area contributed by atoms with E-state index in [1.807, 2.05) is 18.2 Å². The number of carbonyl (C=O) groups is 1. The summed E-state index contributed by atoms with van der Waals surface area (Å²) in [6, 6.07) is 12.4. The Hall–Kier alpha value is -3.63. The summed E-state index contributed by atoms with van der Waals surface area (Å²) in [6.07, 6.45) is 2.30. The highest BCUT2D eigenvalue weighted by molar-refractivity contribution is 6.29. The van der Waals surface area contributed by atoms with Gasteiger partial charge in [0, 0.05) is 50.7 Å². The number of hydrogen-bond acceptors (Lipinski definition) is 6. The van der Waals surface area contributed by atoms with Crippen molar-refractivity contribution in [2.75, 3.05) is 42.9 Å². The average molecular weight is 518 g/mol. The number of alkyl halides is 3. The van der Waals surface area contributed by atoms with Crippen molar-refractivity contribution < 1.29 is 22.7 Å². The van der Waals surface area contributed by atoms with E-state index in [-0.39, 0.29) is 16.8 Å². The first-order chi connectivity index (χ1) is 17.3. The van der Waals surface area contributed by atoms with Crippen LogP contribution in [-0.2, 0) is 0 Å². The molecule has 7 nitrogen and oxygen atoms in total. The third kappa shape index (κ3) is 7.19. The fourth-order valence-corrected chi connectivity index (χ4v) is 3.92. The molecule has 1 N–H and O–H groups in total. The summed E-state index contributed by atoms with van der Waals surface area (Å²) < 4.78 is 40.7. The topological polar surface area (TPSA) is 70.6 Å². The SMILES string of the molecule is O=C(Nc1cccnc1N1CCN(C/C=C/c2ccc(OC(F)(F)F)cc2)CC1)c1ccnc(Cl)c1. The van der Waals surface area contributed by atoms with Gasteiger partial charge in [0.2, 0.25) is 0 Å². The van der Waals surface area contributed by atoms with Gasteiger partial charge in [-0.15, -0.1) is 13.2 Å². The molecule has 188 valence electrons. The zero-order valence-electron chi connectivity index (χ0n) is 19.1. The molecule has 11 heteroatoms. The summed E-state index contributed by atoms with van der Waals surface area (Å²) in [5.41, 5.74) is 1.80. The number of halogens is 4. The van der Waals surface area contributed by atoms with Gasteiger partial charge >= 0.3 is 6.36 Å². The average Bonchev–Trinajstić information content (AvgIpc) is 2.85. The summed E-state index contributed by atoms with van der Waals surface area (Å²) in [7, 11) is 0. The number of nitrogens with one attached hydrogen (secondary N) is 1. The largest absolute Gasteiger partial charge is 0.573 e. The smallest absolute Gasteiger partial charge is 0.406 e. The predicted octanol–water partition coefficient (Wildman–Crippen LogP) is 5.12. The number of hydrogen-bond donors (Lipinski definition) is 1. The number of rotatable bonds is 7. The third-order valence-electron chi connectivity index (χ3n) is 5.48. The fourth-order valence-electron chi connectivity index (χ4n) is 3.75. The predicted molar refractivity (Wildman–Crippen MR) is 132 cm³/mol. The lowest BCUT2D eigenvalue weighted by molar-refractivity contribution is -0.274. The molecule has 0 unspecified atom stereocenters. The normalized spacial score (nSPS) is 14.7. The Labute approximate surface area is 211 Å². The first kappa shape index (κ1) is 25.5. The molecule has 0 bridgehead atoms. The lowest BCUT2D eigenvalue weighted by Gasteiger charge is -2.35. The van der Waals surface area contributed by atoms with Crippen LogP contribution in [0.4, 0.5) is 24.7 Å². The van der Waals surface area contributed by atoms with Crippen LogP contribution in [0.25, 0.3) is 6.08 Å². The molecule has 1 fully saturated rings. The van der Waals surface area contributed by atoms with Crippen molar-refractivity contribution in [3.8, 4) is 5.75 Å². The molecule has 0 spiro atoms. The van der Waals surface area contributed by atoms with Crippen LogP contribution in [0.2, 0.25) is 5.15 Å². The second kappa shape index (κ2) is 11.4. The van der Waals surface area contributed by atoms with Gasteiger partial charge < -0.3 is 15.0 Å². The maximum atomic E-state index is 12.7. The minimum atomic E-state index is -4.70. The van der Waals surface area contributed by atoms with E-state index in [1.165, 1.54) is 24.4 Å². The Bertz CT molecular complexity index is 1210. The Balaban J connectivity index is 1.30. The summed E-state index contributed by atoms with van der Waals surface area (Å²) in [6.45, 7) is 3.71. The van der Waals surface area contributed by atoms with E-state index in [2.05, 4.69) is 29.8 Å². The van der Waals surface area contributed by atoms with Crippen LogP contribution in [0.1, 0.15) is 15.9 Å². The number of benzene rings is 1. The van der Waals surface area contributed by atoms with Crippen LogP contribution in [0.3, 0.4) is 0 Å². The standard InChI is InChI=1S/C25H23ClF3N5O2/c26-22-17-19(9-11-30-22)24(35)32-21-4-1-10-31-23(21)34-15-13-33(14-16-34)12-2-3-18-5-7-20(8-6-18)36-25(27,28)29/h1-11,17H,12-16H2,(H,32,35)/b3-2+. The molecule has 1 aromatic carbocycles. The molecule has 3 heterocycles. The molecule has 0 radical (unpaired) electrons. The third-order valence-corrected chi connectivity index (χ3v) is 5.69. The number of pyridine rings is 2. The van der Waals surface area contributed by atoms with Crippen molar-refractivity contribution in [1.82, 2.24) is 14.9 Å². The Morgan fingerprint density at radius 1 is 1.06 bits per heavy atom. The van der Waals surface area contributed by atoms with Gasteiger partial charge in [0.25, 0.3) is 5.91 Å². The molecule has 0 saturated carbocycles. The van der Waals surface area contributed by atoms with Gasteiger partial charge in [-0.2, -0.15) is 0 Å². The van der Waals surface area contributed by atoms with E-state index in [1.54, 1.807) is 30.5 Å². The lowest BCUT2D eigenvalue weighted by Crippen LogP contribution is -2.46. The highest BCUT2D eigenvalue weighted by Crippen LogP contribution is 2.25. The first-order valence-electron chi connectivity index (χ1n) is 11.1. The van der Waals surface area contributed by atoms with Gasteiger partial charge in [-0.05, 0) is 42.0 Å². The Kier molecular flexibility index (Phi) is 8.07. The zero-order chi connectivity index (χ0) is 25.5. The number of anilines is 2. The molecule has 0 aliphatic carbocycles. The van der Waals surface area contributed by atoms with Crippen molar-refractivity contribution >= 4 is 35.1 Å². The van der Waals surface area contributed by atoms with Gasteiger partial charge in [-0.25, -0.2) is 9.97 Å².